The van der Waals surface area contributed by atoms with Crippen LogP contribution in [-0.2, 0) is 4.79 Å². The maximum atomic E-state index is 14.1. The van der Waals surface area contributed by atoms with Crippen LogP contribution in [0.2, 0.25) is 0 Å². The Morgan fingerprint density at radius 2 is 0.857 bits per heavy atom. The molecule has 1 saturated heterocycles. The topological polar surface area (TPSA) is 61.8 Å². The quantitative estimate of drug-likeness (QED) is 0.108. The summed E-state index contributed by atoms with van der Waals surface area (Å²) >= 11 is 0. The molecule has 0 radical (unpaired) electrons. The van der Waals surface area contributed by atoms with Crippen LogP contribution in [0.5, 0.6) is 11.5 Å². The highest BCUT2D eigenvalue weighted by atomic mass is 31.1. The van der Waals surface area contributed by atoms with Crippen molar-refractivity contribution < 1.29 is 23.1 Å². The molecule has 0 spiro atoms. The largest absolute Gasteiger partial charge is 0.496 e. The number of ether oxygens (including phenoxy) is 2. The number of para-hydroxylation sites is 2. The number of furan rings is 2. The normalized spacial score (nSPS) is 16.7. The molecule has 8 rings (SSSR count). The predicted molar refractivity (Wildman–Crippen MR) is 261 cm³/mol. The van der Waals surface area contributed by atoms with E-state index in [1.165, 1.54) is 49.8 Å². The van der Waals surface area contributed by atoms with Crippen molar-refractivity contribution in [2.45, 2.75) is 103 Å². The van der Waals surface area contributed by atoms with Gasteiger partial charge in [0.25, 0.3) is 0 Å². The van der Waals surface area contributed by atoms with E-state index in [-0.39, 0.29) is 40.8 Å². The number of benzene rings is 5. The number of rotatable bonds is 13. The fourth-order valence-electron chi connectivity index (χ4n) is 9.80. The Balaban J connectivity index is 1.53. The van der Waals surface area contributed by atoms with Gasteiger partial charge in [0.15, 0.2) is 0 Å². The lowest BCUT2D eigenvalue weighted by Crippen LogP contribution is -2.26. The van der Waals surface area contributed by atoms with Crippen LogP contribution in [0, 0.1) is 0 Å². The molecule has 63 heavy (non-hydrogen) atoms. The lowest BCUT2D eigenvalue weighted by molar-refractivity contribution is -0.119. The van der Waals surface area contributed by atoms with Gasteiger partial charge in [0, 0.05) is 35.3 Å². The Morgan fingerprint density at radius 1 is 0.492 bits per heavy atom. The summed E-state index contributed by atoms with van der Waals surface area (Å²) in [6, 6.07) is 41.3. The van der Waals surface area contributed by atoms with Crippen molar-refractivity contribution in [2.24, 2.45) is 0 Å². The Morgan fingerprint density at radius 3 is 1.19 bits per heavy atom. The van der Waals surface area contributed by atoms with Crippen LogP contribution >= 0.6 is 7.92 Å². The molecule has 2 aromatic heterocycles. The predicted octanol–water partition coefficient (Wildman–Crippen LogP) is 16.0. The van der Waals surface area contributed by atoms with E-state index >= 15 is 0 Å². The molecule has 0 N–H and O–H groups in total. The van der Waals surface area contributed by atoms with Crippen molar-refractivity contribution in [3.63, 3.8) is 0 Å². The van der Waals surface area contributed by atoms with Crippen LogP contribution in [0.1, 0.15) is 137 Å². The van der Waals surface area contributed by atoms with Crippen LogP contribution in [0.15, 0.2) is 137 Å². The first-order valence-corrected chi connectivity index (χ1v) is 24.0. The maximum absolute atomic E-state index is 14.1. The van der Waals surface area contributed by atoms with E-state index in [0.717, 1.165) is 45.3 Å². The highest BCUT2D eigenvalue weighted by molar-refractivity contribution is 7.67. The SMILES string of the molecule is COc1ccccc1-c1cc(C(C)C)c(-c2cccc(-c3c(C(C)C)cc(-c4ccccc4OC)cc3C(C)C)c2P2C(c3ccco3)CC(=O)CC2c2ccco2)c(C(C)C)c1. The highest BCUT2D eigenvalue weighted by Crippen LogP contribution is 2.68. The van der Waals surface area contributed by atoms with E-state index in [1.807, 2.05) is 36.4 Å². The summed E-state index contributed by atoms with van der Waals surface area (Å²) in [7, 11) is 2.29. The summed E-state index contributed by atoms with van der Waals surface area (Å²) in [4.78, 5) is 14.1. The first kappa shape index (κ1) is 44.0. The van der Waals surface area contributed by atoms with E-state index in [9.17, 15) is 4.79 Å². The van der Waals surface area contributed by atoms with Gasteiger partial charge in [0.05, 0.1) is 26.7 Å². The Labute approximate surface area is 375 Å². The van der Waals surface area contributed by atoms with Crippen molar-refractivity contribution in [3.8, 4) is 56.0 Å². The lowest BCUT2D eigenvalue weighted by Gasteiger charge is -2.40. The molecule has 5 aromatic carbocycles. The third-order valence-electron chi connectivity index (χ3n) is 12.8. The van der Waals surface area contributed by atoms with Gasteiger partial charge in [-0.2, -0.15) is 0 Å². The number of hydrogen-bond donors (Lipinski definition) is 0. The minimum absolute atomic E-state index is 0.165. The van der Waals surface area contributed by atoms with Crippen LogP contribution < -0.4 is 14.8 Å². The van der Waals surface area contributed by atoms with E-state index < -0.39 is 7.92 Å². The van der Waals surface area contributed by atoms with Gasteiger partial charge in [0.2, 0.25) is 0 Å². The molecule has 0 aliphatic carbocycles. The van der Waals surface area contributed by atoms with Crippen LogP contribution in [-0.4, -0.2) is 20.0 Å². The molecule has 324 valence electrons. The zero-order valence-electron chi connectivity index (χ0n) is 38.5. The molecule has 7 aromatic rings. The zero-order valence-corrected chi connectivity index (χ0v) is 39.4. The number of Topliss-reactive ketones (excluding diaryl/α,β-unsaturated/α-hetero) is 1. The van der Waals surface area contributed by atoms with Crippen molar-refractivity contribution >= 4 is 19.0 Å². The molecule has 2 atom stereocenters. The average molecular weight is 857 g/mol. The van der Waals surface area contributed by atoms with Gasteiger partial charge in [-0.15, -0.1) is 0 Å². The summed E-state index contributed by atoms with van der Waals surface area (Å²) < 4.78 is 24.6. The number of hydrogen-bond acceptors (Lipinski definition) is 5. The van der Waals surface area contributed by atoms with Crippen molar-refractivity contribution in [1.29, 1.82) is 0 Å². The number of carbonyl (C=O) groups is 1. The van der Waals surface area contributed by atoms with Crippen LogP contribution in [0.4, 0.5) is 0 Å². The van der Waals surface area contributed by atoms with Gasteiger partial charge in [-0.1, -0.05) is 142 Å². The molecule has 0 saturated carbocycles. The molecule has 0 bridgehead atoms. The first-order valence-electron chi connectivity index (χ1n) is 22.5. The molecular weight excluding hydrogens is 796 g/mol. The minimum Gasteiger partial charge on any atom is -0.496 e. The van der Waals surface area contributed by atoms with Gasteiger partial charge >= 0.3 is 0 Å². The van der Waals surface area contributed by atoms with Gasteiger partial charge in [-0.3, -0.25) is 4.79 Å². The number of methoxy groups -OCH3 is 2. The van der Waals surface area contributed by atoms with E-state index in [1.54, 1.807) is 26.7 Å². The third kappa shape index (κ3) is 8.45. The van der Waals surface area contributed by atoms with Crippen molar-refractivity contribution in [2.75, 3.05) is 14.2 Å². The second-order valence-corrected chi connectivity index (χ2v) is 20.7. The molecular formula is C57H61O5P. The van der Waals surface area contributed by atoms with Gasteiger partial charge in [-0.05, 0) is 121 Å². The molecule has 1 aliphatic rings. The molecule has 1 fully saturated rings. The summed E-state index contributed by atoms with van der Waals surface area (Å²) in [5.41, 5.74) is 14.2. The second kappa shape index (κ2) is 18.6. The smallest absolute Gasteiger partial charge is 0.135 e. The molecule has 0 amide bonds. The Kier molecular flexibility index (Phi) is 13.0. The molecule has 5 nitrogen and oxygen atoms in total. The summed E-state index contributed by atoms with van der Waals surface area (Å²) in [6.45, 7) is 18.5. The summed E-state index contributed by atoms with van der Waals surface area (Å²) in [6.07, 6.45) is 4.33. The monoisotopic (exact) mass is 856 g/mol. The minimum atomic E-state index is -1.20. The standard InChI is InChI=1S/C57H61O5P/c1-34(2)45-28-38(41-18-11-13-22-49(41)59-9)29-46(35(3)4)55(45)43-20-15-21-44(56-47(36(5)6)30-39(31-48(56)37(7)8)42-19-12-14-23-50(42)60-10)57(43)63-53(51-24-16-26-61-51)32-40(58)33-54(63)52-25-17-27-62-52/h11-31,34-37,53-54H,32-33H2,1-10H3. The highest BCUT2D eigenvalue weighted by Gasteiger charge is 2.45. The van der Waals surface area contributed by atoms with E-state index in [0.29, 0.717) is 12.8 Å². The van der Waals surface area contributed by atoms with Crippen molar-refractivity contribution in [1.82, 2.24) is 0 Å². The molecule has 2 unspecified atom stereocenters. The molecule has 3 heterocycles. The molecule has 6 heteroatoms. The fraction of sp³-hybridized carbons (Fsp3) is 0.316. The molecule has 1 aliphatic heterocycles. The van der Waals surface area contributed by atoms with Gasteiger partial charge < -0.3 is 18.3 Å². The Bertz CT molecular complexity index is 2460. The van der Waals surface area contributed by atoms with Gasteiger partial charge in [0.1, 0.15) is 28.8 Å². The van der Waals surface area contributed by atoms with Crippen LogP contribution in [0.25, 0.3) is 44.5 Å². The number of ketones is 1. The maximum Gasteiger partial charge on any atom is 0.135 e. The van der Waals surface area contributed by atoms with Crippen molar-refractivity contribution in [3.05, 3.63) is 162 Å². The number of carbonyl (C=O) groups excluding carboxylic acids is 1. The average Bonchev–Trinajstić information content (AvgIpc) is 4.04. The Hall–Kier alpha value is -5.64. The van der Waals surface area contributed by atoms with Crippen LogP contribution in [0.3, 0.4) is 0 Å². The summed E-state index contributed by atoms with van der Waals surface area (Å²) in [5.74, 6) is 4.44. The van der Waals surface area contributed by atoms with Gasteiger partial charge in [-0.25, -0.2) is 0 Å². The third-order valence-corrected chi connectivity index (χ3v) is 16.0. The second-order valence-electron chi connectivity index (χ2n) is 18.2. The fourth-order valence-corrected chi connectivity index (χ4v) is 13.4. The van der Waals surface area contributed by atoms with E-state index in [4.69, 9.17) is 18.3 Å². The first-order chi connectivity index (χ1) is 30.4. The zero-order chi connectivity index (χ0) is 44.5. The van der Waals surface area contributed by atoms with E-state index in [2.05, 4.69) is 134 Å². The summed E-state index contributed by atoms with van der Waals surface area (Å²) in [5, 5.41) is 1.30. The lowest BCUT2D eigenvalue weighted by atomic mass is 9.79.